The molecule has 0 unspecified atom stereocenters. The van der Waals surface area contributed by atoms with E-state index in [1.54, 1.807) is 32.9 Å². The summed E-state index contributed by atoms with van der Waals surface area (Å²) in [5.41, 5.74) is -0.608. The Morgan fingerprint density at radius 3 is 1.94 bits per heavy atom. The minimum Gasteiger partial charge on any atom is -0.480 e. The number of anilines is 1. The molecule has 2 rings (SSSR count). The van der Waals surface area contributed by atoms with E-state index in [9.17, 15) is 23.1 Å². The summed E-state index contributed by atoms with van der Waals surface area (Å²) in [5, 5.41) is 12.4. The zero-order chi connectivity index (χ0) is 23.6. The second kappa shape index (κ2) is 9.04. The molecule has 10 heteroatoms. The first kappa shape index (κ1) is 24.9. The van der Waals surface area contributed by atoms with Crippen molar-refractivity contribution in [2.24, 2.45) is 5.41 Å². The van der Waals surface area contributed by atoms with Gasteiger partial charge in [-0.15, -0.1) is 0 Å². The molecule has 31 heavy (non-hydrogen) atoms. The fourth-order valence-electron chi connectivity index (χ4n) is 3.13. The molecular formula is C21H33N3O6S. The molecule has 1 fully saturated rings. The number of nitrogens with zero attached hydrogens (tertiary/aromatic N) is 2. The van der Waals surface area contributed by atoms with E-state index < -0.39 is 39.1 Å². The van der Waals surface area contributed by atoms with Crippen LogP contribution in [0.3, 0.4) is 0 Å². The van der Waals surface area contributed by atoms with Crippen LogP contribution in [0.2, 0.25) is 0 Å². The molecule has 9 nitrogen and oxygen atoms in total. The number of rotatable bonds is 5. The zero-order valence-corrected chi connectivity index (χ0v) is 19.8. The Balaban J connectivity index is 2.05. The van der Waals surface area contributed by atoms with E-state index in [0.29, 0.717) is 5.69 Å². The number of hydrogen-bond donors (Lipinski definition) is 2. The Labute approximate surface area is 184 Å². The molecule has 2 N–H and O–H groups in total. The van der Waals surface area contributed by atoms with Gasteiger partial charge in [-0.1, -0.05) is 20.8 Å². The second-order valence-electron chi connectivity index (χ2n) is 9.68. The minimum absolute atomic E-state index is 0.117. The van der Waals surface area contributed by atoms with Crippen LogP contribution in [0.15, 0.2) is 29.2 Å². The molecule has 1 heterocycles. The van der Waals surface area contributed by atoms with Gasteiger partial charge in [-0.3, -0.25) is 0 Å². The van der Waals surface area contributed by atoms with Gasteiger partial charge in [0.1, 0.15) is 11.6 Å². The number of ether oxygens (including phenoxy) is 1. The van der Waals surface area contributed by atoms with E-state index in [-0.39, 0.29) is 31.1 Å². The number of carboxylic acids is 1. The lowest BCUT2D eigenvalue weighted by Gasteiger charge is -2.35. The summed E-state index contributed by atoms with van der Waals surface area (Å²) < 4.78 is 32.6. The number of benzene rings is 1. The molecule has 1 aliphatic rings. The van der Waals surface area contributed by atoms with Crippen molar-refractivity contribution >= 4 is 27.8 Å². The van der Waals surface area contributed by atoms with Crippen LogP contribution in [0.25, 0.3) is 0 Å². The summed E-state index contributed by atoms with van der Waals surface area (Å²) in [5.74, 6) is -0.980. The Bertz CT molecular complexity index is 893. The lowest BCUT2D eigenvalue weighted by Crippen LogP contribution is -2.51. The topological polar surface area (TPSA) is 116 Å². The van der Waals surface area contributed by atoms with Crippen LogP contribution in [-0.4, -0.2) is 72.6 Å². The summed E-state index contributed by atoms with van der Waals surface area (Å²) in [6.07, 6.45) is -0.452. The van der Waals surface area contributed by atoms with Crippen LogP contribution in [0.1, 0.15) is 41.5 Å². The van der Waals surface area contributed by atoms with E-state index in [1.165, 1.54) is 21.3 Å². The maximum atomic E-state index is 13.0. The smallest absolute Gasteiger partial charge is 0.410 e. The Morgan fingerprint density at radius 1 is 1.00 bits per heavy atom. The molecule has 1 aromatic carbocycles. The molecule has 1 atom stereocenters. The predicted octanol–water partition coefficient (Wildman–Crippen LogP) is 2.84. The number of amides is 1. The third-order valence-electron chi connectivity index (χ3n) is 4.81. The number of hydrogen-bond acceptors (Lipinski definition) is 6. The van der Waals surface area contributed by atoms with Crippen molar-refractivity contribution < 1.29 is 27.9 Å². The van der Waals surface area contributed by atoms with Gasteiger partial charge in [-0.05, 0) is 50.5 Å². The molecular weight excluding hydrogens is 422 g/mol. The van der Waals surface area contributed by atoms with Gasteiger partial charge in [0.15, 0.2) is 0 Å². The van der Waals surface area contributed by atoms with E-state index >= 15 is 0 Å². The van der Waals surface area contributed by atoms with Crippen molar-refractivity contribution in [1.29, 1.82) is 0 Å². The zero-order valence-electron chi connectivity index (χ0n) is 19.0. The Hall–Kier alpha value is -2.33. The largest absolute Gasteiger partial charge is 0.480 e. The summed E-state index contributed by atoms with van der Waals surface area (Å²) in [6.45, 7) is 11.6. The predicted molar refractivity (Wildman–Crippen MR) is 118 cm³/mol. The maximum absolute atomic E-state index is 13.0. The van der Waals surface area contributed by atoms with Gasteiger partial charge in [0, 0.05) is 31.9 Å². The summed E-state index contributed by atoms with van der Waals surface area (Å²) in [7, 11) is -3.73. The molecule has 1 aromatic rings. The third kappa shape index (κ3) is 6.57. The standard InChI is InChI=1S/C21H33N3O6S/c1-20(2,3)17(18(25)26)22-15-7-9-16(10-8-15)31(28,29)24-13-11-23(12-14-24)19(27)30-21(4,5)6/h7-10,17,22H,11-14H2,1-6H3,(H,25,26)/t17-/m1/s1. The van der Waals surface area contributed by atoms with Gasteiger partial charge in [-0.25, -0.2) is 18.0 Å². The molecule has 0 aliphatic carbocycles. The van der Waals surface area contributed by atoms with Crippen LogP contribution in [0, 0.1) is 5.41 Å². The van der Waals surface area contributed by atoms with Crippen LogP contribution in [0.5, 0.6) is 0 Å². The lowest BCUT2D eigenvalue weighted by molar-refractivity contribution is -0.140. The van der Waals surface area contributed by atoms with Gasteiger partial charge in [0.05, 0.1) is 4.90 Å². The quantitative estimate of drug-likeness (QED) is 0.701. The average Bonchev–Trinajstić information content (AvgIpc) is 2.64. The highest BCUT2D eigenvalue weighted by molar-refractivity contribution is 7.89. The highest BCUT2D eigenvalue weighted by Crippen LogP contribution is 2.25. The highest BCUT2D eigenvalue weighted by atomic mass is 32.2. The van der Waals surface area contributed by atoms with Crippen LogP contribution < -0.4 is 5.32 Å². The highest BCUT2D eigenvalue weighted by Gasteiger charge is 2.33. The van der Waals surface area contributed by atoms with E-state index in [4.69, 9.17) is 4.74 Å². The van der Waals surface area contributed by atoms with E-state index in [2.05, 4.69) is 5.32 Å². The Morgan fingerprint density at radius 2 is 1.52 bits per heavy atom. The normalized spacial score (nSPS) is 17.2. The fraction of sp³-hybridized carbons (Fsp3) is 0.619. The monoisotopic (exact) mass is 455 g/mol. The number of carbonyl (C=O) groups is 2. The first-order valence-corrected chi connectivity index (χ1v) is 11.6. The lowest BCUT2D eigenvalue weighted by atomic mass is 9.86. The molecule has 0 spiro atoms. The number of piperazine rings is 1. The number of sulfonamides is 1. The van der Waals surface area contributed by atoms with Gasteiger partial charge < -0.3 is 20.1 Å². The molecule has 0 saturated carbocycles. The van der Waals surface area contributed by atoms with Gasteiger partial charge >= 0.3 is 12.1 Å². The summed E-state index contributed by atoms with van der Waals surface area (Å²) in [6, 6.07) is 5.21. The van der Waals surface area contributed by atoms with Crippen molar-refractivity contribution in [3.05, 3.63) is 24.3 Å². The maximum Gasteiger partial charge on any atom is 0.410 e. The number of nitrogens with one attached hydrogen (secondary N) is 1. The molecule has 0 aromatic heterocycles. The number of carboxylic acid groups (broad SMARTS) is 1. The first-order chi connectivity index (χ1) is 14.1. The third-order valence-corrected chi connectivity index (χ3v) is 6.72. The van der Waals surface area contributed by atoms with Crippen LogP contribution >= 0.6 is 0 Å². The molecule has 1 aliphatic heterocycles. The van der Waals surface area contributed by atoms with Crippen molar-refractivity contribution in [2.75, 3.05) is 31.5 Å². The van der Waals surface area contributed by atoms with Crippen molar-refractivity contribution in [2.45, 2.75) is 58.1 Å². The van der Waals surface area contributed by atoms with Crippen LogP contribution in [-0.2, 0) is 19.6 Å². The molecule has 1 amide bonds. The molecule has 1 saturated heterocycles. The average molecular weight is 456 g/mol. The van der Waals surface area contributed by atoms with E-state index in [0.717, 1.165) is 0 Å². The first-order valence-electron chi connectivity index (χ1n) is 10.2. The fourth-order valence-corrected chi connectivity index (χ4v) is 4.55. The Kier molecular flexibility index (Phi) is 7.27. The summed E-state index contributed by atoms with van der Waals surface area (Å²) in [4.78, 5) is 25.3. The molecule has 174 valence electrons. The second-order valence-corrected chi connectivity index (χ2v) is 11.6. The molecule has 0 bridgehead atoms. The van der Waals surface area contributed by atoms with Crippen molar-refractivity contribution in [3.63, 3.8) is 0 Å². The number of carbonyl (C=O) groups excluding carboxylic acids is 1. The number of aliphatic carboxylic acids is 1. The van der Waals surface area contributed by atoms with Crippen molar-refractivity contribution in [3.8, 4) is 0 Å². The van der Waals surface area contributed by atoms with Gasteiger partial charge in [-0.2, -0.15) is 4.31 Å². The van der Waals surface area contributed by atoms with Crippen molar-refractivity contribution in [1.82, 2.24) is 9.21 Å². The van der Waals surface area contributed by atoms with E-state index in [1.807, 2.05) is 20.8 Å². The van der Waals surface area contributed by atoms with Crippen LogP contribution in [0.4, 0.5) is 10.5 Å². The molecule has 0 radical (unpaired) electrons. The summed E-state index contributed by atoms with van der Waals surface area (Å²) >= 11 is 0. The van der Waals surface area contributed by atoms with Gasteiger partial charge in [0.25, 0.3) is 0 Å². The minimum atomic E-state index is -3.73. The SMILES string of the molecule is CC(C)(C)OC(=O)N1CCN(S(=O)(=O)c2ccc(N[C@H](C(=O)O)C(C)(C)C)cc2)CC1. The van der Waals surface area contributed by atoms with Gasteiger partial charge in [0.2, 0.25) is 10.0 Å².